The van der Waals surface area contributed by atoms with E-state index in [2.05, 4.69) is 15.6 Å². The molecule has 5 aromatic rings. The molecule has 0 saturated heterocycles. The molecule has 0 aliphatic carbocycles. The number of para-hydroxylation sites is 1. The number of hydrogen-bond donors (Lipinski definition) is 0. The number of pyridine rings is 1. The summed E-state index contributed by atoms with van der Waals surface area (Å²) in [4.78, 5) is 24.1. The van der Waals surface area contributed by atoms with E-state index in [0.29, 0.717) is 29.4 Å². The third-order valence-corrected chi connectivity index (χ3v) is 7.94. The number of hydrogen-bond acceptors (Lipinski definition) is 4. The van der Waals surface area contributed by atoms with Crippen molar-refractivity contribution >= 4 is 46.0 Å². The Labute approximate surface area is 222 Å². The molecule has 0 spiro atoms. The van der Waals surface area contributed by atoms with Gasteiger partial charge in [0, 0.05) is 34.8 Å². The smallest absolute Gasteiger partial charge is 0.258 e. The van der Waals surface area contributed by atoms with Crippen molar-refractivity contribution in [2.24, 2.45) is 0 Å². The van der Waals surface area contributed by atoms with Crippen molar-refractivity contribution in [2.45, 2.75) is 23.9 Å². The Hall–Kier alpha value is -3.68. The Bertz CT molecular complexity index is 1620. The molecule has 5 nitrogen and oxygen atoms in total. The zero-order valence-corrected chi connectivity index (χ0v) is 21.3. The Morgan fingerprint density at radius 2 is 1.89 bits per heavy atom. The van der Waals surface area contributed by atoms with Crippen LogP contribution in [0, 0.1) is 5.82 Å². The highest BCUT2D eigenvalue weighted by Crippen LogP contribution is 2.31. The van der Waals surface area contributed by atoms with Crippen molar-refractivity contribution < 1.29 is 9.18 Å². The summed E-state index contributed by atoms with van der Waals surface area (Å²) in [6, 6.07) is 22.2. The maximum Gasteiger partial charge on any atom is 0.258 e. The van der Waals surface area contributed by atoms with E-state index in [1.807, 2.05) is 53.4 Å². The van der Waals surface area contributed by atoms with Crippen LogP contribution < -0.4 is 4.90 Å². The first kappa shape index (κ1) is 23.7. The number of benzene rings is 3. The van der Waals surface area contributed by atoms with E-state index in [1.54, 1.807) is 18.5 Å². The molecule has 8 heteroatoms. The summed E-state index contributed by atoms with van der Waals surface area (Å²) < 4.78 is 15.6. The van der Waals surface area contributed by atoms with Crippen LogP contribution in [0.15, 0.2) is 90.3 Å². The van der Waals surface area contributed by atoms with Gasteiger partial charge in [0.25, 0.3) is 5.91 Å². The molecule has 2 aromatic heterocycles. The highest BCUT2D eigenvalue weighted by molar-refractivity contribution is 7.98. The van der Waals surface area contributed by atoms with Crippen LogP contribution in [0.25, 0.3) is 11.0 Å². The van der Waals surface area contributed by atoms with Crippen molar-refractivity contribution in [2.75, 3.05) is 11.4 Å². The van der Waals surface area contributed by atoms with Crippen LogP contribution in [0.5, 0.6) is 0 Å². The van der Waals surface area contributed by atoms with Crippen molar-refractivity contribution in [3.63, 3.8) is 0 Å². The van der Waals surface area contributed by atoms with Gasteiger partial charge in [0.2, 0.25) is 0 Å². The lowest BCUT2D eigenvalue weighted by Crippen LogP contribution is -2.28. The van der Waals surface area contributed by atoms with E-state index in [-0.39, 0.29) is 11.7 Å². The molecule has 0 N–H and O–H groups in total. The van der Waals surface area contributed by atoms with Gasteiger partial charge in [0.1, 0.15) is 5.82 Å². The molecular formula is C29H22ClFN4OS. The minimum Gasteiger partial charge on any atom is -0.313 e. The minimum atomic E-state index is -0.354. The van der Waals surface area contributed by atoms with Gasteiger partial charge in [0.15, 0.2) is 5.16 Å². The van der Waals surface area contributed by atoms with Gasteiger partial charge in [-0.25, -0.2) is 9.37 Å². The summed E-state index contributed by atoms with van der Waals surface area (Å²) in [6.07, 6.45) is 4.41. The molecule has 1 aliphatic rings. The number of aromatic nitrogens is 3. The van der Waals surface area contributed by atoms with Gasteiger partial charge >= 0.3 is 0 Å². The molecule has 1 amide bonds. The Morgan fingerprint density at radius 3 is 2.73 bits per heavy atom. The predicted octanol–water partition coefficient (Wildman–Crippen LogP) is 6.77. The first-order valence-corrected chi connectivity index (χ1v) is 13.3. The Balaban J connectivity index is 1.23. The fourth-order valence-electron chi connectivity index (χ4n) is 4.63. The van der Waals surface area contributed by atoms with Crippen LogP contribution in [-0.2, 0) is 18.7 Å². The number of anilines is 1. The van der Waals surface area contributed by atoms with Gasteiger partial charge in [-0.05, 0) is 59.5 Å². The lowest BCUT2D eigenvalue weighted by molar-refractivity contribution is 0.0989. The predicted molar refractivity (Wildman–Crippen MR) is 146 cm³/mol. The number of imidazole rings is 1. The van der Waals surface area contributed by atoms with Crippen LogP contribution in [0.3, 0.4) is 0 Å². The summed E-state index contributed by atoms with van der Waals surface area (Å²) in [5, 5.41) is 1.22. The third kappa shape index (κ3) is 4.72. The summed E-state index contributed by atoms with van der Waals surface area (Å²) in [6.45, 7) is 1.27. The summed E-state index contributed by atoms with van der Waals surface area (Å²) in [7, 11) is 0. The van der Waals surface area contributed by atoms with Crippen LogP contribution in [0.4, 0.5) is 10.1 Å². The van der Waals surface area contributed by atoms with Gasteiger partial charge in [-0.15, -0.1) is 0 Å². The molecule has 0 fully saturated rings. The second kappa shape index (κ2) is 10.00. The molecule has 0 saturated carbocycles. The van der Waals surface area contributed by atoms with Gasteiger partial charge in [-0.1, -0.05) is 59.8 Å². The average Bonchev–Trinajstić information content (AvgIpc) is 3.50. The second-order valence-electron chi connectivity index (χ2n) is 8.90. The van der Waals surface area contributed by atoms with Crippen LogP contribution >= 0.6 is 23.4 Å². The summed E-state index contributed by atoms with van der Waals surface area (Å²) >= 11 is 7.78. The molecule has 3 heterocycles. The van der Waals surface area contributed by atoms with Gasteiger partial charge in [0.05, 0.1) is 23.8 Å². The highest BCUT2D eigenvalue weighted by atomic mass is 35.5. The summed E-state index contributed by atoms with van der Waals surface area (Å²) in [5.41, 5.74) is 6.53. The van der Waals surface area contributed by atoms with E-state index in [9.17, 15) is 9.18 Å². The zero-order valence-electron chi connectivity index (χ0n) is 19.8. The average molecular weight is 529 g/mol. The molecule has 1 aliphatic heterocycles. The van der Waals surface area contributed by atoms with Gasteiger partial charge < -0.3 is 9.47 Å². The lowest BCUT2D eigenvalue weighted by Gasteiger charge is -2.17. The fourth-order valence-corrected chi connectivity index (χ4v) is 5.96. The highest BCUT2D eigenvalue weighted by Gasteiger charge is 2.25. The zero-order chi connectivity index (χ0) is 25.4. The third-order valence-electron chi connectivity index (χ3n) is 6.56. The first-order valence-electron chi connectivity index (χ1n) is 11.9. The van der Waals surface area contributed by atoms with E-state index < -0.39 is 0 Å². The summed E-state index contributed by atoms with van der Waals surface area (Å²) in [5.74, 6) is 0.217. The quantitative estimate of drug-likeness (QED) is 0.228. The van der Waals surface area contributed by atoms with Gasteiger partial charge in [-0.3, -0.25) is 9.78 Å². The molecule has 0 bridgehead atoms. The van der Waals surface area contributed by atoms with E-state index >= 15 is 0 Å². The van der Waals surface area contributed by atoms with Crippen molar-refractivity contribution in [1.82, 2.24) is 14.5 Å². The monoisotopic (exact) mass is 528 g/mol. The fraction of sp³-hybridized carbons (Fsp3) is 0.138. The number of rotatable bonds is 6. The number of halogens is 2. The van der Waals surface area contributed by atoms with Crippen molar-refractivity contribution in [3.8, 4) is 0 Å². The molecule has 3 aromatic carbocycles. The minimum absolute atomic E-state index is 0.0150. The maximum atomic E-state index is 13.5. The Kier molecular flexibility index (Phi) is 6.40. The van der Waals surface area contributed by atoms with Crippen LogP contribution in [0.1, 0.15) is 27.0 Å². The Morgan fingerprint density at radius 1 is 1.05 bits per heavy atom. The molecule has 6 rings (SSSR count). The number of thioether (sulfide) groups is 1. The molecule has 0 radical (unpaired) electrons. The lowest BCUT2D eigenvalue weighted by atomic mass is 10.1. The van der Waals surface area contributed by atoms with E-state index in [1.165, 1.54) is 29.5 Å². The topological polar surface area (TPSA) is 51.0 Å². The molecule has 184 valence electrons. The van der Waals surface area contributed by atoms with Gasteiger partial charge in [-0.2, -0.15) is 0 Å². The van der Waals surface area contributed by atoms with E-state index in [0.717, 1.165) is 39.4 Å². The standard InChI is InChI=1S/C29H22ClFN4OS/c30-24-15-23(31)10-9-22(24)18-37-29-33-25-11-13-32-16-27(25)35(29)17-19-5-7-21(8-6-19)28(36)34-14-12-20-3-1-2-4-26(20)34/h1-11,13,15-16H,12,14,17-18H2. The largest absolute Gasteiger partial charge is 0.313 e. The molecule has 0 atom stereocenters. The SMILES string of the molecule is O=C(c1ccc(Cn2c(SCc3ccc(F)cc3Cl)nc3ccncc32)cc1)N1CCc2ccccc21. The van der Waals surface area contributed by atoms with Crippen LogP contribution in [-0.4, -0.2) is 27.0 Å². The number of nitrogens with zero attached hydrogens (tertiary/aromatic N) is 4. The van der Waals surface area contributed by atoms with Crippen LogP contribution in [0.2, 0.25) is 5.02 Å². The maximum absolute atomic E-state index is 13.5. The number of amides is 1. The molecule has 37 heavy (non-hydrogen) atoms. The second-order valence-corrected chi connectivity index (χ2v) is 10.3. The number of carbonyl (C=O) groups excluding carboxylic acids is 1. The molecular weight excluding hydrogens is 507 g/mol. The van der Waals surface area contributed by atoms with Crippen molar-refractivity contribution in [1.29, 1.82) is 0 Å². The number of carbonyl (C=O) groups is 1. The molecule has 0 unspecified atom stereocenters. The van der Waals surface area contributed by atoms with Crippen molar-refractivity contribution in [3.05, 3.63) is 118 Å². The first-order chi connectivity index (χ1) is 18.1. The van der Waals surface area contributed by atoms with E-state index in [4.69, 9.17) is 16.6 Å². The number of fused-ring (bicyclic) bond motifs is 2. The normalized spacial score (nSPS) is 12.8.